The molecule has 0 aliphatic rings. The van der Waals surface area contributed by atoms with Gasteiger partial charge in [0.15, 0.2) is 0 Å². The first kappa shape index (κ1) is 28.7. The third-order valence-corrected chi connectivity index (χ3v) is 5.28. The number of aromatic carboxylic acids is 2. The van der Waals surface area contributed by atoms with E-state index in [0.717, 1.165) is 0 Å². The van der Waals surface area contributed by atoms with E-state index in [1.807, 2.05) is 61.2 Å². The first-order valence-electron chi connectivity index (χ1n) is 11.5. The molecule has 0 atom stereocenters. The van der Waals surface area contributed by atoms with Gasteiger partial charge >= 0.3 is 19.5 Å². The van der Waals surface area contributed by atoms with Gasteiger partial charge in [0, 0.05) is 24.8 Å². The molecule has 0 saturated carbocycles. The molecular weight excluding hydrogens is 581 g/mol. The Kier molecular flexibility index (Phi) is 10.4. The Morgan fingerprint density at radius 3 is 1.23 bits per heavy atom. The number of carboxylic acids is 2. The molecule has 0 fully saturated rings. The molecule has 2 aromatic carbocycles. The fourth-order valence-electron chi connectivity index (χ4n) is 3.44. The monoisotopic (exact) mass is 602 g/mol. The summed E-state index contributed by atoms with van der Waals surface area (Å²) >= 11 is 0. The van der Waals surface area contributed by atoms with E-state index < -0.39 is 11.9 Å². The van der Waals surface area contributed by atoms with Gasteiger partial charge in [0.1, 0.15) is 0 Å². The summed E-state index contributed by atoms with van der Waals surface area (Å²) < 4.78 is 0. The Balaban J connectivity index is 0.000000170. The van der Waals surface area contributed by atoms with Crippen LogP contribution in [0.4, 0.5) is 0 Å². The Morgan fingerprint density at radius 1 is 0.487 bits per heavy atom. The van der Waals surface area contributed by atoms with Crippen molar-refractivity contribution in [3.05, 3.63) is 133 Å². The van der Waals surface area contributed by atoms with Gasteiger partial charge < -0.3 is 19.8 Å². The summed E-state index contributed by atoms with van der Waals surface area (Å²) in [6.07, 6.45) is 7.36. The number of rotatable bonds is 3. The molecular formula is C30H20N4O4Ru. The minimum Gasteiger partial charge on any atom is -0.543 e. The van der Waals surface area contributed by atoms with Crippen LogP contribution in [-0.2, 0) is 19.5 Å². The number of carboxylic acid groups (broad SMARTS) is 2. The fourth-order valence-corrected chi connectivity index (χ4v) is 3.44. The van der Waals surface area contributed by atoms with Crippen LogP contribution in [-0.4, -0.2) is 31.9 Å². The zero-order valence-electron chi connectivity index (χ0n) is 20.3. The molecule has 0 unspecified atom stereocenters. The Labute approximate surface area is 236 Å². The van der Waals surface area contributed by atoms with Crippen molar-refractivity contribution >= 4 is 33.5 Å². The standard InChI is InChI=1S/C12H8N2O4.2C9H7N.Ru/c15-11(16)9-5-1-3-7(13-9)8-4-2-6-10(14-8)12(17)18;2*1-2-4-9-7-10-6-5-8(9)3-1;/h1-6H,(H,15,16)(H,17,18);2*1-7H;/q;;;+2/p-2. The van der Waals surface area contributed by atoms with Crippen molar-refractivity contribution < 1.29 is 39.3 Å². The third-order valence-electron chi connectivity index (χ3n) is 5.28. The number of hydrogen-bond acceptors (Lipinski definition) is 8. The summed E-state index contributed by atoms with van der Waals surface area (Å²) in [5, 5.41) is 26.2. The maximum absolute atomic E-state index is 10.7. The molecule has 0 saturated heterocycles. The first-order chi connectivity index (χ1) is 18.5. The van der Waals surface area contributed by atoms with Crippen molar-refractivity contribution in [3.63, 3.8) is 0 Å². The average Bonchev–Trinajstić information content (AvgIpc) is 2.98. The van der Waals surface area contributed by atoms with Gasteiger partial charge in [0.2, 0.25) is 0 Å². The van der Waals surface area contributed by atoms with Crippen LogP contribution >= 0.6 is 0 Å². The van der Waals surface area contributed by atoms with Crippen molar-refractivity contribution in [2.24, 2.45) is 0 Å². The minimum absolute atomic E-state index is 0. The van der Waals surface area contributed by atoms with E-state index in [1.165, 1.54) is 57.9 Å². The molecule has 6 aromatic rings. The van der Waals surface area contributed by atoms with E-state index in [1.54, 1.807) is 0 Å². The van der Waals surface area contributed by atoms with Gasteiger partial charge in [-0.15, -0.1) is 0 Å². The van der Waals surface area contributed by atoms with E-state index >= 15 is 0 Å². The van der Waals surface area contributed by atoms with Crippen molar-refractivity contribution in [1.29, 1.82) is 0 Å². The van der Waals surface area contributed by atoms with Gasteiger partial charge in [-0.3, -0.25) is 9.97 Å². The molecule has 0 amide bonds. The molecule has 39 heavy (non-hydrogen) atoms. The van der Waals surface area contributed by atoms with Gasteiger partial charge in [0.25, 0.3) is 0 Å². The molecule has 0 radical (unpaired) electrons. The summed E-state index contributed by atoms with van der Waals surface area (Å²) in [7, 11) is 0. The molecule has 192 valence electrons. The molecule has 0 aliphatic heterocycles. The van der Waals surface area contributed by atoms with E-state index in [4.69, 9.17) is 0 Å². The molecule has 6 rings (SSSR count). The molecule has 0 spiro atoms. The van der Waals surface area contributed by atoms with Crippen LogP contribution in [0, 0.1) is 0 Å². The van der Waals surface area contributed by atoms with Crippen LogP contribution in [0.5, 0.6) is 0 Å². The zero-order valence-corrected chi connectivity index (χ0v) is 22.1. The van der Waals surface area contributed by atoms with Crippen molar-refractivity contribution in [3.8, 4) is 11.4 Å². The van der Waals surface area contributed by atoms with Gasteiger partial charge in [-0.25, -0.2) is 9.97 Å². The molecule has 0 aliphatic carbocycles. The summed E-state index contributed by atoms with van der Waals surface area (Å²) in [4.78, 5) is 37.0. The minimum atomic E-state index is -1.41. The second-order valence-corrected chi connectivity index (χ2v) is 7.84. The summed E-state index contributed by atoms with van der Waals surface area (Å²) in [5.74, 6) is -2.82. The predicted octanol–water partition coefficient (Wildman–Crippen LogP) is 3.34. The Morgan fingerprint density at radius 2 is 0.872 bits per heavy atom. The maximum atomic E-state index is 10.7. The average molecular weight is 602 g/mol. The number of fused-ring (bicyclic) bond motifs is 2. The van der Waals surface area contributed by atoms with Crippen molar-refractivity contribution in [1.82, 2.24) is 19.9 Å². The SMILES string of the molecule is O=C([O-])c1cccc(-c2cccc(C(=O)[O-])n2)n1.[Ru+2].c1ccc2cnccc2c1.c1ccc2cnccc2c1. The van der Waals surface area contributed by atoms with Crippen LogP contribution in [0.25, 0.3) is 32.9 Å². The first-order valence-corrected chi connectivity index (χ1v) is 11.5. The van der Waals surface area contributed by atoms with Crippen LogP contribution in [0.1, 0.15) is 21.0 Å². The number of carbonyl (C=O) groups is 2. The number of carbonyl (C=O) groups excluding carboxylic acids is 2. The smallest absolute Gasteiger partial charge is 0.543 e. The number of aromatic nitrogens is 4. The van der Waals surface area contributed by atoms with Gasteiger partial charge in [-0.1, -0.05) is 60.7 Å². The quantitative estimate of drug-likeness (QED) is 0.282. The van der Waals surface area contributed by atoms with Crippen molar-refractivity contribution in [2.45, 2.75) is 0 Å². The second-order valence-electron chi connectivity index (χ2n) is 7.84. The largest absolute Gasteiger partial charge is 2.00 e. The number of hydrogen-bond donors (Lipinski definition) is 0. The van der Waals surface area contributed by atoms with Crippen LogP contribution in [0.2, 0.25) is 0 Å². The van der Waals surface area contributed by atoms with Crippen molar-refractivity contribution in [2.75, 3.05) is 0 Å². The third kappa shape index (κ3) is 8.05. The molecule has 4 heterocycles. The predicted molar refractivity (Wildman–Crippen MR) is 140 cm³/mol. The summed E-state index contributed by atoms with van der Waals surface area (Å²) in [6.45, 7) is 0. The second kappa shape index (κ2) is 14.2. The molecule has 9 heteroatoms. The van der Waals surface area contributed by atoms with E-state index in [9.17, 15) is 19.8 Å². The van der Waals surface area contributed by atoms with E-state index in [0.29, 0.717) is 0 Å². The molecule has 4 aromatic heterocycles. The molecule has 0 bridgehead atoms. The Hall–Kier alpha value is -4.88. The Bertz CT molecular complexity index is 1450. The number of nitrogens with zero attached hydrogens (tertiary/aromatic N) is 4. The van der Waals surface area contributed by atoms with Crippen LogP contribution < -0.4 is 10.2 Å². The van der Waals surface area contributed by atoms with Gasteiger partial charge in [-0.05, 0) is 57.9 Å². The topological polar surface area (TPSA) is 132 Å². The summed E-state index contributed by atoms with van der Waals surface area (Å²) in [5.41, 5.74) is 0.0147. The summed E-state index contributed by atoms with van der Waals surface area (Å²) in [6, 6.07) is 28.9. The normalized spacial score (nSPS) is 9.74. The van der Waals surface area contributed by atoms with E-state index in [-0.39, 0.29) is 42.3 Å². The molecule has 8 nitrogen and oxygen atoms in total. The fraction of sp³-hybridized carbons (Fsp3) is 0. The van der Waals surface area contributed by atoms with Gasteiger partial charge in [0.05, 0.1) is 34.7 Å². The molecule has 0 N–H and O–H groups in total. The van der Waals surface area contributed by atoms with Crippen LogP contribution in [0.15, 0.2) is 122 Å². The zero-order chi connectivity index (χ0) is 26.7. The van der Waals surface area contributed by atoms with Gasteiger partial charge in [-0.2, -0.15) is 0 Å². The van der Waals surface area contributed by atoms with E-state index in [2.05, 4.69) is 44.2 Å². The number of pyridine rings is 4. The number of benzene rings is 2. The van der Waals surface area contributed by atoms with Crippen LogP contribution in [0.3, 0.4) is 0 Å². The maximum Gasteiger partial charge on any atom is 2.00 e.